The van der Waals surface area contributed by atoms with Gasteiger partial charge in [0.05, 0.1) is 12.5 Å². The van der Waals surface area contributed by atoms with Crippen molar-refractivity contribution >= 4 is 27.5 Å². The molecule has 0 bridgehead atoms. The van der Waals surface area contributed by atoms with E-state index in [4.69, 9.17) is 15.5 Å². The van der Waals surface area contributed by atoms with Gasteiger partial charge < -0.3 is 10.5 Å². The topological polar surface area (TPSA) is 87.2 Å². The molecule has 1 amide bonds. The molecule has 0 spiro atoms. The number of aryl methyl sites for hydroxylation is 1. The van der Waals surface area contributed by atoms with E-state index < -0.39 is 11.9 Å². The lowest BCUT2D eigenvalue weighted by atomic mass is 10.0. The Bertz CT molecular complexity index is 1330. The van der Waals surface area contributed by atoms with Gasteiger partial charge in [-0.1, -0.05) is 43.3 Å². The van der Waals surface area contributed by atoms with Crippen LogP contribution in [0.1, 0.15) is 24.9 Å². The molecule has 0 radical (unpaired) electrons. The Morgan fingerprint density at radius 3 is 2.55 bits per heavy atom. The molecule has 31 heavy (non-hydrogen) atoms. The molecule has 2 aromatic carbocycles. The SMILES string of the molecule is CCC(C(N)=O)n1c(-c2ccccc2)nc2scc(-c3ccc(OC)c(C)c3)c2c1=O. The van der Waals surface area contributed by atoms with Crippen molar-refractivity contribution in [3.8, 4) is 28.3 Å². The van der Waals surface area contributed by atoms with Crippen molar-refractivity contribution in [2.45, 2.75) is 26.3 Å². The number of hydrogen-bond donors (Lipinski definition) is 1. The number of carbonyl (C=O) groups excluding carboxylic acids is 1. The van der Waals surface area contributed by atoms with Gasteiger partial charge in [-0.2, -0.15) is 0 Å². The van der Waals surface area contributed by atoms with E-state index in [1.165, 1.54) is 15.9 Å². The van der Waals surface area contributed by atoms with Gasteiger partial charge in [-0.25, -0.2) is 4.98 Å². The molecule has 7 heteroatoms. The monoisotopic (exact) mass is 433 g/mol. The predicted octanol–water partition coefficient (Wildman–Crippen LogP) is 4.55. The first-order chi connectivity index (χ1) is 15.0. The molecule has 4 rings (SSSR count). The smallest absolute Gasteiger partial charge is 0.263 e. The molecule has 0 fully saturated rings. The number of thiophene rings is 1. The quantitative estimate of drug-likeness (QED) is 0.483. The van der Waals surface area contributed by atoms with Gasteiger partial charge in [-0.15, -0.1) is 11.3 Å². The number of carbonyl (C=O) groups is 1. The zero-order valence-electron chi connectivity index (χ0n) is 17.6. The summed E-state index contributed by atoms with van der Waals surface area (Å²) in [5.74, 6) is 0.674. The van der Waals surface area contributed by atoms with Crippen molar-refractivity contribution in [1.82, 2.24) is 9.55 Å². The molecule has 158 valence electrons. The Hall–Kier alpha value is -3.45. The Morgan fingerprint density at radius 1 is 1.19 bits per heavy atom. The molecule has 2 heterocycles. The number of primary amides is 1. The van der Waals surface area contributed by atoms with Crippen LogP contribution in [0.25, 0.3) is 32.7 Å². The van der Waals surface area contributed by atoms with Crippen molar-refractivity contribution in [3.63, 3.8) is 0 Å². The van der Waals surface area contributed by atoms with Gasteiger partial charge in [-0.3, -0.25) is 14.2 Å². The van der Waals surface area contributed by atoms with E-state index in [2.05, 4.69) is 0 Å². The fraction of sp³-hybridized carbons (Fsp3) is 0.208. The van der Waals surface area contributed by atoms with Gasteiger partial charge in [0, 0.05) is 16.5 Å². The maximum absolute atomic E-state index is 13.8. The standard InChI is InChI=1S/C24H23N3O3S/c1-4-18(21(25)28)27-22(15-8-6-5-7-9-15)26-23-20(24(27)29)17(13-31-23)16-10-11-19(30-3)14(2)12-16/h5-13,18H,4H2,1-3H3,(H2,25,28). The summed E-state index contributed by atoms with van der Waals surface area (Å²) in [6.07, 6.45) is 0.392. The van der Waals surface area contributed by atoms with E-state index in [1.54, 1.807) is 7.11 Å². The maximum atomic E-state index is 13.8. The second-order valence-corrected chi connectivity index (χ2v) is 8.18. The van der Waals surface area contributed by atoms with Crippen LogP contribution in [0.3, 0.4) is 0 Å². The second kappa shape index (κ2) is 8.35. The van der Waals surface area contributed by atoms with Crippen LogP contribution in [0.15, 0.2) is 58.7 Å². The van der Waals surface area contributed by atoms with Gasteiger partial charge in [0.1, 0.15) is 22.4 Å². The largest absolute Gasteiger partial charge is 0.496 e. The molecule has 0 saturated heterocycles. The number of methoxy groups -OCH3 is 1. The summed E-state index contributed by atoms with van der Waals surface area (Å²) in [6, 6.07) is 14.4. The minimum absolute atomic E-state index is 0.265. The van der Waals surface area contributed by atoms with Crippen LogP contribution < -0.4 is 16.0 Å². The Kier molecular flexibility index (Phi) is 5.61. The van der Waals surface area contributed by atoms with Crippen molar-refractivity contribution in [1.29, 1.82) is 0 Å². The molecular formula is C24H23N3O3S. The third-order valence-corrected chi connectivity index (χ3v) is 6.28. The van der Waals surface area contributed by atoms with Gasteiger partial charge in [-0.05, 0) is 36.6 Å². The van der Waals surface area contributed by atoms with E-state index in [0.717, 1.165) is 28.0 Å². The van der Waals surface area contributed by atoms with Crippen LogP contribution in [0.4, 0.5) is 0 Å². The summed E-state index contributed by atoms with van der Waals surface area (Å²) in [5.41, 5.74) is 8.83. The van der Waals surface area contributed by atoms with Crippen LogP contribution in [-0.4, -0.2) is 22.6 Å². The number of amides is 1. The molecule has 2 aromatic heterocycles. The molecule has 4 aromatic rings. The lowest BCUT2D eigenvalue weighted by molar-refractivity contribution is -0.121. The third-order valence-electron chi connectivity index (χ3n) is 5.40. The Morgan fingerprint density at radius 2 is 1.94 bits per heavy atom. The molecule has 2 N–H and O–H groups in total. The fourth-order valence-corrected chi connectivity index (χ4v) is 4.79. The molecular weight excluding hydrogens is 410 g/mol. The van der Waals surface area contributed by atoms with Gasteiger partial charge >= 0.3 is 0 Å². The first-order valence-electron chi connectivity index (χ1n) is 9.99. The summed E-state index contributed by atoms with van der Waals surface area (Å²) in [7, 11) is 1.63. The maximum Gasteiger partial charge on any atom is 0.263 e. The van der Waals surface area contributed by atoms with Crippen molar-refractivity contribution in [3.05, 3.63) is 69.8 Å². The van der Waals surface area contributed by atoms with Crippen LogP contribution in [-0.2, 0) is 4.79 Å². The van der Waals surface area contributed by atoms with Crippen LogP contribution >= 0.6 is 11.3 Å². The Labute approximate surface area is 183 Å². The number of hydrogen-bond acceptors (Lipinski definition) is 5. The van der Waals surface area contributed by atoms with E-state index in [0.29, 0.717) is 22.5 Å². The number of fused-ring (bicyclic) bond motifs is 1. The van der Waals surface area contributed by atoms with Gasteiger partial charge in [0.2, 0.25) is 5.91 Å². The van der Waals surface area contributed by atoms with Crippen LogP contribution in [0, 0.1) is 6.92 Å². The minimum Gasteiger partial charge on any atom is -0.496 e. The zero-order chi connectivity index (χ0) is 22.1. The number of benzene rings is 2. The average Bonchev–Trinajstić information content (AvgIpc) is 3.20. The number of nitrogens with zero attached hydrogens (tertiary/aromatic N) is 2. The summed E-state index contributed by atoms with van der Waals surface area (Å²) >= 11 is 1.41. The predicted molar refractivity (Wildman–Crippen MR) is 125 cm³/mol. The summed E-state index contributed by atoms with van der Waals surface area (Å²) < 4.78 is 6.81. The van der Waals surface area contributed by atoms with Crippen LogP contribution in [0.2, 0.25) is 0 Å². The van der Waals surface area contributed by atoms with E-state index in [-0.39, 0.29) is 5.56 Å². The first kappa shape index (κ1) is 20.8. The van der Waals surface area contributed by atoms with Crippen molar-refractivity contribution < 1.29 is 9.53 Å². The summed E-state index contributed by atoms with van der Waals surface area (Å²) in [6.45, 7) is 3.79. The van der Waals surface area contributed by atoms with E-state index in [9.17, 15) is 9.59 Å². The summed E-state index contributed by atoms with van der Waals surface area (Å²) in [4.78, 5) is 31.5. The number of aromatic nitrogens is 2. The van der Waals surface area contributed by atoms with Crippen molar-refractivity contribution in [2.75, 3.05) is 7.11 Å². The summed E-state index contributed by atoms with van der Waals surface area (Å²) in [5, 5.41) is 2.43. The van der Waals surface area contributed by atoms with Crippen molar-refractivity contribution in [2.24, 2.45) is 5.73 Å². The normalized spacial score (nSPS) is 12.1. The lowest BCUT2D eigenvalue weighted by Crippen LogP contribution is -2.35. The van der Waals surface area contributed by atoms with Gasteiger partial charge in [0.15, 0.2) is 0 Å². The molecule has 0 aliphatic carbocycles. The van der Waals surface area contributed by atoms with Crippen LogP contribution in [0.5, 0.6) is 5.75 Å². The van der Waals surface area contributed by atoms with E-state index >= 15 is 0 Å². The highest BCUT2D eigenvalue weighted by Gasteiger charge is 2.25. The highest BCUT2D eigenvalue weighted by atomic mass is 32.1. The lowest BCUT2D eigenvalue weighted by Gasteiger charge is -2.19. The second-order valence-electron chi connectivity index (χ2n) is 7.32. The number of rotatable bonds is 6. The Balaban J connectivity index is 2.04. The molecule has 0 saturated carbocycles. The minimum atomic E-state index is -0.787. The number of nitrogens with two attached hydrogens (primary N) is 1. The third kappa shape index (κ3) is 3.61. The highest BCUT2D eigenvalue weighted by Crippen LogP contribution is 2.35. The van der Waals surface area contributed by atoms with E-state index in [1.807, 2.05) is 67.8 Å². The molecule has 6 nitrogen and oxygen atoms in total. The zero-order valence-corrected chi connectivity index (χ0v) is 18.4. The molecule has 1 unspecified atom stereocenters. The first-order valence-corrected chi connectivity index (χ1v) is 10.9. The molecule has 0 aliphatic rings. The fourth-order valence-electron chi connectivity index (χ4n) is 3.85. The molecule has 1 atom stereocenters. The highest BCUT2D eigenvalue weighted by molar-refractivity contribution is 7.17. The van der Waals surface area contributed by atoms with Gasteiger partial charge in [0.25, 0.3) is 5.56 Å². The average molecular weight is 434 g/mol. The number of ether oxygens (including phenoxy) is 1. The molecule has 0 aliphatic heterocycles.